The van der Waals surface area contributed by atoms with Crippen LogP contribution < -0.4 is 5.32 Å². The Labute approximate surface area is 184 Å². The number of hydrogen-bond donors (Lipinski definition) is 1. The highest BCUT2D eigenvalue weighted by Crippen LogP contribution is 2.26. The van der Waals surface area contributed by atoms with Crippen molar-refractivity contribution in [2.75, 3.05) is 6.54 Å². The Morgan fingerprint density at radius 3 is 2.33 bits per heavy atom. The topological polar surface area (TPSA) is 49.4 Å². The van der Waals surface area contributed by atoms with Crippen LogP contribution in [0.2, 0.25) is 5.02 Å². The van der Waals surface area contributed by atoms with Crippen LogP contribution in [0.4, 0.5) is 0 Å². The van der Waals surface area contributed by atoms with Gasteiger partial charge in [-0.15, -0.1) is 0 Å². The van der Waals surface area contributed by atoms with E-state index in [0.717, 1.165) is 44.1 Å². The summed E-state index contributed by atoms with van der Waals surface area (Å²) in [6.45, 7) is 2.61. The van der Waals surface area contributed by atoms with Crippen LogP contribution in [-0.4, -0.2) is 29.3 Å². The summed E-state index contributed by atoms with van der Waals surface area (Å²) in [6, 6.07) is 16.0. The van der Waals surface area contributed by atoms with E-state index in [4.69, 9.17) is 11.6 Å². The Morgan fingerprint density at radius 1 is 1.03 bits per heavy atom. The lowest BCUT2D eigenvalue weighted by Crippen LogP contribution is -2.47. The van der Waals surface area contributed by atoms with Gasteiger partial charge in [-0.25, -0.2) is 0 Å². The smallest absolute Gasteiger partial charge is 0.254 e. The summed E-state index contributed by atoms with van der Waals surface area (Å²) < 4.78 is 0. The SMILES string of the molecule is CCCCN(C(=O)c1ccc(Cl)cc1)[C@@H](C(=O)NC1CCCCC1)c1ccccc1. The maximum atomic E-state index is 13.5. The van der Waals surface area contributed by atoms with Gasteiger partial charge in [-0.05, 0) is 49.1 Å². The molecule has 2 aromatic carbocycles. The summed E-state index contributed by atoms with van der Waals surface area (Å²) in [5.41, 5.74) is 1.38. The zero-order valence-corrected chi connectivity index (χ0v) is 18.4. The van der Waals surface area contributed by atoms with Crippen LogP contribution in [0.3, 0.4) is 0 Å². The second-order valence-corrected chi connectivity index (χ2v) is 8.45. The molecule has 0 spiro atoms. The summed E-state index contributed by atoms with van der Waals surface area (Å²) in [5, 5.41) is 3.82. The molecule has 0 bridgehead atoms. The summed E-state index contributed by atoms with van der Waals surface area (Å²) in [7, 11) is 0. The highest BCUT2D eigenvalue weighted by molar-refractivity contribution is 6.30. The van der Waals surface area contributed by atoms with E-state index in [2.05, 4.69) is 12.2 Å². The van der Waals surface area contributed by atoms with Crippen molar-refractivity contribution in [1.29, 1.82) is 0 Å². The molecule has 30 heavy (non-hydrogen) atoms. The fourth-order valence-electron chi connectivity index (χ4n) is 4.07. The van der Waals surface area contributed by atoms with Crippen molar-refractivity contribution in [3.05, 3.63) is 70.7 Å². The fourth-order valence-corrected chi connectivity index (χ4v) is 4.20. The molecular weight excluding hydrogens is 396 g/mol. The van der Waals surface area contributed by atoms with Gasteiger partial charge in [-0.3, -0.25) is 9.59 Å². The highest BCUT2D eigenvalue weighted by atomic mass is 35.5. The molecule has 5 heteroatoms. The molecule has 2 amide bonds. The number of carbonyl (C=O) groups excluding carboxylic acids is 2. The Morgan fingerprint density at radius 2 is 1.70 bits per heavy atom. The summed E-state index contributed by atoms with van der Waals surface area (Å²) in [4.78, 5) is 28.7. The number of nitrogens with one attached hydrogen (secondary N) is 1. The third-order valence-corrected chi connectivity index (χ3v) is 5.98. The van der Waals surface area contributed by atoms with E-state index < -0.39 is 6.04 Å². The summed E-state index contributed by atoms with van der Waals surface area (Å²) in [6.07, 6.45) is 7.30. The molecule has 1 aliphatic carbocycles. The molecule has 4 nitrogen and oxygen atoms in total. The molecule has 2 aromatic rings. The van der Waals surface area contributed by atoms with Crippen LogP contribution in [0.5, 0.6) is 0 Å². The molecule has 0 radical (unpaired) electrons. The minimum atomic E-state index is -0.650. The van der Waals surface area contributed by atoms with Crippen molar-refractivity contribution in [2.45, 2.75) is 64.0 Å². The lowest BCUT2D eigenvalue weighted by molar-refractivity contribution is -0.126. The molecular formula is C25H31ClN2O2. The van der Waals surface area contributed by atoms with Gasteiger partial charge in [0.05, 0.1) is 0 Å². The molecule has 1 saturated carbocycles. The number of rotatable bonds is 8. The third kappa shape index (κ3) is 5.85. The first-order valence-electron chi connectivity index (χ1n) is 11.0. The molecule has 1 N–H and O–H groups in total. The minimum Gasteiger partial charge on any atom is -0.351 e. The zero-order chi connectivity index (χ0) is 21.3. The van der Waals surface area contributed by atoms with Gasteiger partial charge in [0.2, 0.25) is 5.91 Å². The number of halogens is 1. The van der Waals surface area contributed by atoms with Crippen LogP contribution in [0.1, 0.15) is 73.8 Å². The van der Waals surface area contributed by atoms with E-state index in [1.54, 1.807) is 29.2 Å². The largest absolute Gasteiger partial charge is 0.351 e. The van der Waals surface area contributed by atoms with Gasteiger partial charge < -0.3 is 10.2 Å². The van der Waals surface area contributed by atoms with Crippen molar-refractivity contribution < 1.29 is 9.59 Å². The van der Waals surface area contributed by atoms with Crippen LogP contribution in [0.15, 0.2) is 54.6 Å². The number of amides is 2. The van der Waals surface area contributed by atoms with E-state index in [1.807, 2.05) is 30.3 Å². The van der Waals surface area contributed by atoms with Crippen LogP contribution in [0, 0.1) is 0 Å². The standard InChI is InChI=1S/C25H31ClN2O2/c1-2-3-18-28(25(30)20-14-16-21(26)17-15-20)23(19-10-6-4-7-11-19)24(29)27-22-12-8-5-9-13-22/h4,6-7,10-11,14-17,22-23H,2-3,5,8-9,12-13,18H2,1H3,(H,27,29)/t23-/m1/s1. The number of unbranched alkanes of at least 4 members (excludes halogenated alkanes) is 1. The van der Waals surface area contributed by atoms with E-state index >= 15 is 0 Å². The quantitative estimate of drug-likeness (QED) is 0.582. The predicted octanol–water partition coefficient (Wildman–Crippen LogP) is 5.77. The maximum Gasteiger partial charge on any atom is 0.254 e. The van der Waals surface area contributed by atoms with Gasteiger partial charge in [0.15, 0.2) is 0 Å². The first-order valence-corrected chi connectivity index (χ1v) is 11.4. The third-order valence-electron chi connectivity index (χ3n) is 5.73. The van der Waals surface area contributed by atoms with Gasteiger partial charge in [0.25, 0.3) is 5.91 Å². The average Bonchev–Trinajstić information content (AvgIpc) is 2.78. The van der Waals surface area contributed by atoms with Crippen LogP contribution in [-0.2, 0) is 4.79 Å². The molecule has 0 aromatic heterocycles. The second-order valence-electron chi connectivity index (χ2n) is 8.02. The minimum absolute atomic E-state index is 0.0912. The summed E-state index contributed by atoms with van der Waals surface area (Å²) in [5.74, 6) is -0.237. The molecule has 0 saturated heterocycles. The Hall–Kier alpha value is -2.33. The normalized spacial score (nSPS) is 15.4. The number of nitrogens with zero attached hydrogens (tertiary/aromatic N) is 1. The monoisotopic (exact) mass is 426 g/mol. The predicted molar refractivity (Wildman–Crippen MR) is 122 cm³/mol. The Bertz CT molecular complexity index is 817. The average molecular weight is 427 g/mol. The van der Waals surface area contributed by atoms with E-state index in [9.17, 15) is 9.59 Å². The second kappa shape index (κ2) is 11.2. The Kier molecular flexibility index (Phi) is 8.32. The lowest BCUT2D eigenvalue weighted by Gasteiger charge is -2.33. The lowest BCUT2D eigenvalue weighted by atomic mass is 9.94. The first kappa shape index (κ1) is 22.4. The van der Waals surface area contributed by atoms with Gasteiger partial charge in [-0.2, -0.15) is 0 Å². The van der Waals surface area contributed by atoms with E-state index in [-0.39, 0.29) is 17.9 Å². The van der Waals surface area contributed by atoms with Gasteiger partial charge in [0.1, 0.15) is 6.04 Å². The highest BCUT2D eigenvalue weighted by Gasteiger charge is 2.33. The maximum absolute atomic E-state index is 13.5. The molecule has 1 fully saturated rings. The van der Waals surface area contributed by atoms with E-state index in [0.29, 0.717) is 17.1 Å². The molecule has 160 valence electrons. The van der Waals surface area contributed by atoms with Crippen molar-refractivity contribution in [3.63, 3.8) is 0 Å². The Balaban J connectivity index is 1.92. The van der Waals surface area contributed by atoms with Crippen molar-refractivity contribution in [1.82, 2.24) is 10.2 Å². The van der Waals surface area contributed by atoms with Gasteiger partial charge >= 0.3 is 0 Å². The number of carbonyl (C=O) groups is 2. The first-order chi connectivity index (χ1) is 14.6. The fraction of sp³-hybridized carbons (Fsp3) is 0.440. The van der Waals surface area contributed by atoms with Crippen LogP contribution >= 0.6 is 11.6 Å². The molecule has 0 heterocycles. The van der Waals surface area contributed by atoms with Crippen LogP contribution in [0.25, 0.3) is 0 Å². The number of benzene rings is 2. The zero-order valence-electron chi connectivity index (χ0n) is 17.6. The summed E-state index contributed by atoms with van der Waals surface area (Å²) >= 11 is 6.01. The molecule has 1 atom stereocenters. The van der Waals surface area contributed by atoms with Gasteiger partial charge in [0, 0.05) is 23.2 Å². The molecule has 0 aliphatic heterocycles. The molecule has 1 aliphatic rings. The van der Waals surface area contributed by atoms with Crippen molar-refractivity contribution >= 4 is 23.4 Å². The van der Waals surface area contributed by atoms with Gasteiger partial charge in [-0.1, -0.05) is 74.5 Å². The van der Waals surface area contributed by atoms with Crippen molar-refractivity contribution in [3.8, 4) is 0 Å². The number of hydrogen-bond acceptors (Lipinski definition) is 2. The molecule has 0 unspecified atom stereocenters. The van der Waals surface area contributed by atoms with Crippen molar-refractivity contribution in [2.24, 2.45) is 0 Å². The van der Waals surface area contributed by atoms with E-state index in [1.165, 1.54) is 6.42 Å². The molecule has 3 rings (SSSR count).